The molecule has 1 aliphatic carbocycles. The lowest BCUT2D eigenvalue weighted by molar-refractivity contribution is 0.393. The lowest BCUT2D eigenvalue weighted by Gasteiger charge is -2.40. The molecule has 0 aromatic carbocycles. The Bertz CT molecular complexity index is 450. The summed E-state index contributed by atoms with van der Waals surface area (Å²) >= 11 is 0. The Morgan fingerprint density at radius 3 is 2.70 bits per heavy atom. The zero-order valence-electron chi connectivity index (χ0n) is 12.3. The molecule has 1 aromatic heterocycles. The maximum Gasteiger partial charge on any atom is 0.222 e. The lowest BCUT2D eigenvalue weighted by Crippen LogP contribution is -2.50. The SMILES string of the molecule is CNCC1CN(c2cc(C3CCCCC3)nc(N)n2)C1. The second-order valence-corrected chi connectivity index (χ2v) is 6.17. The summed E-state index contributed by atoms with van der Waals surface area (Å²) in [5.74, 6) is 2.77. The van der Waals surface area contributed by atoms with Crippen LogP contribution in [0.4, 0.5) is 11.8 Å². The van der Waals surface area contributed by atoms with Crippen LogP contribution in [0.3, 0.4) is 0 Å². The van der Waals surface area contributed by atoms with Gasteiger partial charge in [-0.25, -0.2) is 4.98 Å². The number of rotatable bonds is 4. The summed E-state index contributed by atoms with van der Waals surface area (Å²) in [6, 6.07) is 2.17. The number of nitrogens with one attached hydrogen (secondary N) is 1. The predicted molar refractivity (Wildman–Crippen MR) is 81.9 cm³/mol. The molecule has 3 N–H and O–H groups in total. The van der Waals surface area contributed by atoms with Crippen molar-refractivity contribution in [2.45, 2.75) is 38.0 Å². The van der Waals surface area contributed by atoms with Gasteiger partial charge in [0, 0.05) is 37.5 Å². The Labute approximate surface area is 121 Å². The molecule has 5 nitrogen and oxygen atoms in total. The van der Waals surface area contributed by atoms with Gasteiger partial charge < -0.3 is 16.0 Å². The number of nitrogens with zero attached hydrogens (tertiary/aromatic N) is 3. The molecular weight excluding hydrogens is 250 g/mol. The molecule has 0 spiro atoms. The monoisotopic (exact) mass is 275 g/mol. The van der Waals surface area contributed by atoms with Crippen molar-refractivity contribution in [3.05, 3.63) is 11.8 Å². The molecule has 0 radical (unpaired) electrons. The quantitative estimate of drug-likeness (QED) is 0.876. The van der Waals surface area contributed by atoms with Crippen LogP contribution >= 0.6 is 0 Å². The van der Waals surface area contributed by atoms with Crippen LogP contribution in [0.25, 0.3) is 0 Å². The van der Waals surface area contributed by atoms with Crippen molar-refractivity contribution in [2.24, 2.45) is 5.92 Å². The molecule has 2 heterocycles. The topological polar surface area (TPSA) is 67.1 Å². The predicted octanol–water partition coefficient (Wildman–Crippen LogP) is 1.76. The summed E-state index contributed by atoms with van der Waals surface area (Å²) < 4.78 is 0. The minimum absolute atomic E-state index is 0.431. The summed E-state index contributed by atoms with van der Waals surface area (Å²) in [6.07, 6.45) is 6.49. The van der Waals surface area contributed by atoms with E-state index in [0.717, 1.165) is 37.1 Å². The Morgan fingerprint density at radius 2 is 2.00 bits per heavy atom. The van der Waals surface area contributed by atoms with Gasteiger partial charge in [0.15, 0.2) is 0 Å². The van der Waals surface area contributed by atoms with Crippen molar-refractivity contribution in [1.29, 1.82) is 0 Å². The van der Waals surface area contributed by atoms with Gasteiger partial charge in [0.05, 0.1) is 5.69 Å². The van der Waals surface area contributed by atoms with Crippen molar-refractivity contribution < 1.29 is 0 Å². The minimum Gasteiger partial charge on any atom is -0.368 e. The van der Waals surface area contributed by atoms with E-state index in [2.05, 4.69) is 26.3 Å². The number of nitrogen functional groups attached to an aromatic ring is 1. The number of hydrogen-bond acceptors (Lipinski definition) is 5. The van der Waals surface area contributed by atoms with Crippen molar-refractivity contribution in [2.75, 3.05) is 37.3 Å². The van der Waals surface area contributed by atoms with Crippen LogP contribution in [0.15, 0.2) is 6.07 Å². The lowest BCUT2D eigenvalue weighted by atomic mass is 9.86. The third-order valence-electron chi connectivity index (χ3n) is 4.55. The summed E-state index contributed by atoms with van der Waals surface area (Å²) in [5, 5.41) is 3.23. The second kappa shape index (κ2) is 5.95. The summed E-state index contributed by atoms with van der Waals surface area (Å²) in [7, 11) is 2.01. The maximum absolute atomic E-state index is 5.91. The highest BCUT2D eigenvalue weighted by molar-refractivity contribution is 5.46. The van der Waals surface area contributed by atoms with Gasteiger partial charge in [-0.05, 0) is 19.9 Å². The number of aromatic nitrogens is 2. The van der Waals surface area contributed by atoms with Crippen LogP contribution < -0.4 is 16.0 Å². The van der Waals surface area contributed by atoms with E-state index in [0.29, 0.717) is 11.9 Å². The molecule has 2 fully saturated rings. The second-order valence-electron chi connectivity index (χ2n) is 6.17. The zero-order valence-corrected chi connectivity index (χ0v) is 12.3. The molecule has 20 heavy (non-hydrogen) atoms. The van der Waals surface area contributed by atoms with Gasteiger partial charge in [0.25, 0.3) is 0 Å². The fourth-order valence-corrected chi connectivity index (χ4v) is 3.42. The highest BCUT2D eigenvalue weighted by atomic mass is 15.3. The number of anilines is 2. The number of hydrogen-bond donors (Lipinski definition) is 2. The highest BCUT2D eigenvalue weighted by Gasteiger charge is 2.28. The molecule has 0 amide bonds. The highest BCUT2D eigenvalue weighted by Crippen LogP contribution is 2.34. The van der Waals surface area contributed by atoms with Crippen molar-refractivity contribution in [3.8, 4) is 0 Å². The van der Waals surface area contributed by atoms with Crippen molar-refractivity contribution in [1.82, 2.24) is 15.3 Å². The van der Waals surface area contributed by atoms with Gasteiger partial charge >= 0.3 is 0 Å². The van der Waals surface area contributed by atoms with Crippen LogP contribution in [-0.2, 0) is 0 Å². The molecule has 0 bridgehead atoms. The normalized spacial score (nSPS) is 20.9. The van der Waals surface area contributed by atoms with Crippen molar-refractivity contribution in [3.63, 3.8) is 0 Å². The van der Waals surface area contributed by atoms with E-state index in [1.54, 1.807) is 0 Å². The van der Waals surface area contributed by atoms with E-state index < -0.39 is 0 Å². The van der Waals surface area contributed by atoms with Gasteiger partial charge in [-0.15, -0.1) is 0 Å². The zero-order chi connectivity index (χ0) is 13.9. The first kappa shape index (κ1) is 13.6. The van der Waals surface area contributed by atoms with Crippen molar-refractivity contribution >= 4 is 11.8 Å². The van der Waals surface area contributed by atoms with Crippen LogP contribution in [-0.4, -0.2) is 36.6 Å². The first-order valence-electron chi connectivity index (χ1n) is 7.80. The van der Waals surface area contributed by atoms with E-state index in [9.17, 15) is 0 Å². The minimum atomic E-state index is 0.431. The fraction of sp³-hybridized carbons (Fsp3) is 0.733. The molecule has 3 rings (SSSR count). The van der Waals surface area contributed by atoms with Crippen LogP contribution in [0.5, 0.6) is 0 Å². The molecule has 0 unspecified atom stereocenters. The average molecular weight is 275 g/mol. The molecule has 0 atom stereocenters. The van der Waals surface area contributed by atoms with Gasteiger partial charge in [0.2, 0.25) is 5.95 Å². The van der Waals surface area contributed by atoms with E-state index in [4.69, 9.17) is 5.73 Å². The largest absolute Gasteiger partial charge is 0.368 e. The van der Waals surface area contributed by atoms with Gasteiger partial charge in [0.1, 0.15) is 5.82 Å². The third kappa shape index (κ3) is 2.87. The van der Waals surface area contributed by atoms with Crippen LogP contribution in [0.2, 0.25) is 0 Å². The molecular formula is C15H25N5. The van der Waals surface area contributed by atoms with Gasteiger partial charge in [-0.2, -0.15) is 4.98 Å². The molecule has 1 saturated heterocycles. The van der Waals surface area contributed by atoms with E-state index in [1.165, 1.54) is 32.1 Å². The Balaban J connectivity index is 1.70. The summed E-state index contributed by atoms with van der Waals surface area (Å²) in [5.41, 5.74) is 7.07. The van der Waals surface area contributed by atoms with Gasteiger partial charge in [-0.1, -0.05) is 19.3 Å². The Hall–Kier alpha value is -1.36. The molecule has 110 valence electrons. The standard InChI is InChI=1S/C15H25N5/c1-17-8-11-9-20(10-11)14-7-13(18-15(16)19-14)12-5-3-2-4-6-12/h7,11-12,17H,2-6,8-10H2,1H3,(H2,16,18,19). The first-order valence-corrected chi connectivity index (χ1v) is 7.80. The van der Waals surface area contributed by atoms with E-state index >= 15 is 0 Å². The average Bonchev–Trinajstić information content (AvgIpc) is 2.42. The molecule has 5 heteroatoms. The van der Waals surface area contributed by atoms with Crippen LogP contribution in [0, 0.1) is 5.92 Å². The molecule has 1 aromatic rings. The number of nitrogens with two attached hydrogens (primary N) is 1. The maximum atomic E-state index is 5.91. The molecule has 1 aliphatic heterocycles. The fourth-order valence-electron chi connectivity index (χ4n) is 3.42. The van der Waals surface area contributed by atoms with Crippen LogP contribution in [0.1, 0.15) is 43.7 Å². The Morgan fingerprint density at radius 1 is 1.25 bits per heavy atom. The molecule has 1 saturated carbocycles. The summed E-state index contributed by atoms with van der Waals surface area (Å²) in [4.78, 5) is 11.2. The van der Waals surface area contributed by atoms with E-state index in [-0.39, 0.29) is 0 Å². The Kier molecular flexibility index (Phi) is 4.05. The molecule has 2 aliphatic rings. The summed E-state index contributed by atoms with van der Waals surface area (Å²) in [6.45, 7) is 3.22. The van der Waals surface area contributed by atoms with E-state index in [1.807, 2.05) is 7.05 Å². The van der Waals surface area contributed by atoms with Gasteiger partial charge in [-0.3, -0.25) is 0 Å². The third-order valence-corrected chi connectivity index (χ3v) is 4.55. The first-order chi connectivity index (χ1) is 9.76. The smallest absolute Gasteiger partial charge is 0.222 e.